The first kappa shape index (κ1) is 64.9. The highest BCUT2D eigenvalue weighted by Crippen LogP contribution is 2.38. The fraction of sp³-hybridized carbons (Fsp3) is 0.952. The van der Waals surface area contributed by atoms with Gasteiger partial charge in [-0.1, -0.05) is 0 Å². The third-order valence-electron chi connectivity index (χ3n) is 13.0. The number of amides is 2. The smallest absolute Gasteiger partial charge is 0.217 e. The summed E-state index contributed by atoms with van der Waals surface area (Å²) in [5.41, 5.74) is 0. The molecule has 76 heavy (non-hydrogen) atoms. The zero-order chi connectivity index (χ0) is 56.7. The SMILES string of the molecule is COCC1O[C@@H](O[C@@H]2C(NC(C)=O)[C@H](OCC3O[C@H](O[C@@H]4C(O)[C@H](OCC(O)C(O)C(O)COP(C)(C)=O)OC(CO[C@H]5OC(CO)[C@@H](O)[C@H](O)C5O)[C@@H]4O)C(NC(C)=O)[C@@H](O)[C@@H]3O)OC(CO)[C@@H]2O)C(O)[C@@H](O)[C@H]1O. The van der Waals surface area contributed by atoms with Crippen molar-refractivity contribution in [3.05, 3.63) is 0 Å². The van der Waals surface area contributed by atoms with Gasteiger partial charge >= 0.3 is 0 Å². The van der Waals surface area contributed by atoms with Gasteiger partial charge in [0.15, 0.2) is 38.8 Å². The molecule has 0 aromatic rings. The van der Waals surface area contributed by atoms with E-state index in [1.807, 2.05) is 0 Å². The van der Waals surface area contributed by atoms with Crippen LogP contribution in [0.5, 0.6) is 0 Å². The number of hydrogen-bond acceptors (Lipinski definition) is 31. The monoisotopic (exact) mass is 1130 g/mol. The van der Waals surface area contributed by atoms with Gasteiger partial charge in [0, 0.05) is 34.3 Å². The Kier molecular flexibility index (Phi) is 24.5. The molecule has 13 unspecified atom stereocenters. The van der Waals surface area contributed by atoms with E-state index in [1.165, 1.54) is 20.4 Å². The molecule has 0 spiro atoms. The second-order valence-electron chi connectivity index (χ2n) is 19.3. The lowest BCUT2D eigenvalue weighted by Crippen LogP contribution is -2.69. The molecule has 0 aromatic carbocycles. The van der Waals surface area contributed by atoms with Crippen LogP contribution >= 0.6 is 7.37 Å². The van der Waals surface area contributed by atoms with E-state index in [0.717, 1.165) is 13.8 Å². The molecule has 28 atom stereocenters. The Labute approximate surface area is 434 Å². The van der Waals surface area contributed by atoms with Crippen molar-refractivity contribution in [1.82, 2.24) is 10.6 Å². The molecule has 5 heterocycles. The third-order valence-corrected chi connectivity index (χ3v) is 13.8. The summed E-state index contributed by atoms with van der Waals surface area (Å²) in [7, 11) is -1.89. The molecular weight excluding hydrogens is 1060 g/mol. The summed E-state index contributed by atoms with van der Waals surface area (Å²) < 4.78 is 79.6. The summed E-state index contributed by atoms with van der Waals surface area (Å²) >= 11 is 0. The first-order valence-corrected chi connectivity index (χ1v) is 26.6. The zero-order valence-corrected chi connectivity index (χ0v) is 42.7. The molecular formula is C42H75N2O31P. The largest absolute Gasteiger partial charge is 0.394 e. The molecule has 0 bridgehead atoms. The Balaban J connectivity index is 1.40. The highest BCUT2D eigenvalue weighted by molar-refractivity contribution is 7.57. The molecule has 0 aliphatic carbocycles. The predicted molar refractivity (Wildman–Crippen MR) is 242 cm³/mol. The second kappa shape index (κ2) is 28.6. The van der Waals surface area contributed by atoms with Gasteiger partial charge in [-0.2, -0.15) is 0 Å². The number of ether oxygens (including phenoxy) is 11. The van der Waals surface area contributed by atoms with Crippen molar-refractivity contribution in [1.29, 1.82) is 0 Å². The van der Waals surface area contributed by atoms with Crippen molar-refractivity contribution in [2.45, 2.75) is 186 Å². The molecule has 5 aliphatic rings. The van der Waals surface area contributed by atoms with Crippen LogP contribution in [-0.4, -0.2) is 332 Å². The van der Waals surface area contributed by atoms with Crippen molar-refractivity contribution in [2.75, 3.05) is 66.7 Å². The van der Waals surface area contributed by atoms with Gasteiger partial charge < -0.3 is 149 Å². The van der Waals surface area contributed by atoms with Crippen LogP contribution in [0.1, 0.15) is 13.8 Å². The molecule has 0 aromatic heterocycles. The molecule has 33 nitrogen and oxygen atoms in total. The molecule has 2 amide bonds. The standard InChI is InChI=1S/C42H75N2O31P/c1-13(47)43-22-30(57)26(53)20(11-66-38-23(44-14(2)48)36(28(55)18(7-46)69-38)74-42-34(61)32(59)27(54)19(73-42)10-64-3)71-39(22)75-37-29(56)21(12-67-40-33(60)31(58)25(52)17(6-45)70-40)72-41(35(37)62)65-8-15(49)24(51)16(50)9-68-76(4,5)63/h15-42,45-46,49-62H,6-12H2,1-5H3,(H,43,47)(H,44,48)/t15?,16?,17?,18?,19?,20?,21?,22?,23?,24?,25-,26-,27+,28+,29+,30-,31+,32+,33?,34?,35?,36-,37+,38-,39-,40+,41-,42+/m1/s1. The van der Waals surface area contributed by atoms with Gasteiger partial charge in [-0.25, -0.2) is 0 Å². The zero-order valence-electron chi connectivity index (χ0n) is 41.8. The van der Waals surface area contributed by atoms with Crippen molar-refractivity contribution in [3.63, 3.8) is 0 Å². The summed E-state index contributed by atoms with van der Waals surface area (Å²) in [4.78, 5) is 25.1. The van der Waals surface area contributed by atoms with Crippen molar-refractivity contribution >= 4 is 19.2 Å². The summed E-state index contributed by atoms with van der Waals surface area (Å²) in [6.45, 7) is -0.874. The quantitative estimate of drug-likeness (QED) is 0.0399. The minimum absolute atomic E-state index is 0.297. The summed E-state index contributed by atoms with van der Waals surface area (Å²) in [5.74, 6) is -1.61. The first-order valence-electron chi connectivity index (χ1n) is 24.0. The maximum absolute atomic E-state index is 12.6. The maximum Gasteiger partial charge on any atom is 0.217 e. The summed E-state index contributed by atoms with van der Waals surface area (Å²) in [6, 6.07) is -3.34. The van der Waals surface area contributed by atoms with Gasteiger partial charge in [-0.15, -0.1) is 0 Å². The van der Waals surface area contributed by atoms with Crippen LogP contribution in [0.25, 0.3) is 0 Å². The van der Waals surface area contributed by atoms with Gasteiger partial charge in [0.2, 0.25) is 11.8 Å². The lowest BCUT2D eigenvalue weighted by Gasteiger charge is -2.49. The van der Waals surface area contributed by atoms with E-state index in [1.54, 1.807) is 0 Å². The third kappa shape index (κ3) is 16.2. The molecule has 5 rings (SSSR count). The van der Waals surface area contributed by atoms with Gasteiger partial charge in [0.1, 0.15) is 140 Å². The molecule has 5 saturated heterocycles. The first-order chi connectivity index (χ1) is 35.6. The van der Waals surface area contributed by atoms with E-state index in [0.29, 0.717) is 0 Å². The van der Waals surface area contributed by atoms with E-state index in [9.17, 15) is 95.9 Å². The number of carbonyl (C=O) groups excluding carboxylic acids is 2. The fourth-order valence-electron chi connectivity index (χ4n) is 8.80. The number of nitrogens with one attached hydrogen (secondary N) is 2. The molecule has 0 radical (unpaired) electrons. The summed E-state index contributed by atoms with van der Waals surface area (Å²) in [6.07, 6.45) is -48.0. The normalized spacial score (nSPS) is 43.7. The second-order valence-corrected chi connectivity index (χ2v) is 22.0. The Bertz CT molecular complexity index is 1850. The van der Waals surface area contributed by atoms with Crippen molar-refractivity contribution in [3.8, 4) is 0 Å². The molecule has 5 aliphatic heterocycles. The van der Waals surface area contributed by atoms with E-state index < -0.39 is 231 Å². The Morgan fingerprint density at radius 3 is 1.49 bits per heavy atom. The van der Waals surface area contributed by atoms with E-state index in [-0.39, 0.29) is 6.61 Å². The average Bonchev–Trinajstić information content (AvgIpc) is 3.36. The van der Waals surface area contributed by atoms with Crippen molar-refractivity contribution < 1.29 is 152 Å². The number of hydrogen-bond donors (Lipinski definition) is 18. The van der Waals surface area contributed by atoms with E-state index in [2.05, 4.69) is 10.6 Å². The number of aliphatic hydroxyl groups excluding tert-OH is 16. The van der Waals surface area contributed by atoms with Crippen LogP contribution in [0.4, 0.5) is 0 Å². The van der Waals surface area contributed by atoms with E-state index >= 15 is 0 Å². The highest BCUT2D eigenvalue weighted by Gasteiger charge is 2.55. The molecule has 5 fully saturated rings. The fourth-order valence-corrected chi connectivity index (χ4v) is 9.31. The minimum atomic E-state index is -3.15. The number of rotatable bonds is 24. The van der Waals surface area contributed by atoms with Crippen LogP contribution in [-0.2, 0) is 70.8 Å². The lowest BCUT2D eigenvalue weighted by molar-refractivity contribution is -0.363. The predicted octanol–water partition coefficient (Wildman–Crippen LogP) is -11.3. The lowest BCUT2D eigenvalue weighted by atomic mass is 9.94. The van der Waals surface area contributed by atoms with Crippen LogP contribution in [0, 0.1) is 0 Å². The van der Waals surface area contributed by atoms with Crippen LogP contribution in [0.15, 0.2) is 0 Å². The van der Waals surface area contributed by atoms with Crippen LogP contribution < -0.4 is 10.6 Å². The molecule has 18 N–H and O–H groups in total. The number of methoxy groups -OCH3 is 1. The topological polar surface area (TPSA) is 510 Å². The minimum Gasteiger partial charge on any atom is -0.394 e. The molecule has 0 saturated carbocycles. The van der Waals surface area contributed by atoms with E-state index in [4.69, 9.17) is 56.6 Å². The summed E-state index contributed by atoms with van der Waals surface area (Å²) in [5, 5.41) is 177. The van der Waals surface area contributed by atoms with Crippen LogP contribution in [0.2, 0.25) is 0 Å². The van der Waals surface area contributed by atoms with Gasteiger partial charge in [-0.3, -0.25) is 14.2 Å². The van der Waals surface area contributed by atoms with Gasteiger partial charge in [-0.05, 0) is 0 Å². The molecule has 444 valence electrons. The van der Waals surface area contributed by atoms with Crippen molar-refractivity contribution in [2.24, 2.45) is 0 Å². The van der Waals surface area contributed by atoms with Crippen LogP contribution in [0.3, 0.4) is 0 Å². The number of carbonyl (C=O) groups is 2. The highest BCUT2D eigenvalue weighted by atomic mass is 31.2. The van der Waals surface area contributed by atoms with Gasteiger partial charge in [0.25, 0.3) is 0 Å². The Hall–Kier alpha value is -1.95. The maximum atomic E-state index is 12.6. The average molecular weight is 1140 g/mol. The van der Waals surface area contributed by atoms with Gasteiger partial charge in [0.05, 0.1) is 46.2 Å². The molecule has 34 heteroatoms. The Morgan fingerprint density at radius 2 is 0.908 bits per heavy atom. The number of aliphatic hydroxyl groups is 16. The Morgan fingerprint density at radius 1 is 0.487 bits per heavy atom.